The summed E-state index contributed by atoms with van der Waals surface area (Å²) in [6.45, 7) is 2.93. The number of nitrogens with zero attached hydrogens (tertiary/aromatic N) is 3. The van der Waals surface area contributed by atoms with E-state index >= 15 is 0 Å². The lowest BCUT2D eigenvalue weighted by Gasteiger charge is -2.16. The van der Waals surface area contributed by atoms with Crippen LogP contribution < -0.4 is 5.32 Å². The molecule has 2 heterocycles. The van der Waals surface area contributed by atoms with Crippen LogP contribution in [0, 0.1) is 0 Å². The summed E-state index contributed by atoms with van der Waals surface area (Å²) in [5.41, 5.74) is 1.07. The van der Waals surface area contributed by atoms with Gasteiger partial charge in [0.2, 0.25) is 0 Å². The van der Waals surface area contributed by atoms with Crippen molar-refractivity contribution >= 4 is 15.9 Å². The molecule has 2 aromatic heterocycles. The third kappa shape index (κ3) is 2.03. The van der Waals surface area contributed by atoms with E-state index in [0.717, 1.165) is 22.5 Å². The molecule has 1 unspecified atom stereocenters. The van der Waals surface area contributed by atoms with Gasteiger partial charge in [0.1, 0.15) is 11.9 Å². The third-order valence-electron chi connectivity index (χ3n) is 2.41. The van der Waals surface area contributed by atoms with Crippen LogP contribution in [0.1, 0.15) is 24.5 Å². The van der Waals surface area contributed by atoms with Crippen LogP contribution in [0.5, 0.6) is 0 Å². The van der Waals surface area contributed by atoms with Crippen molar-refractivity contribution in [1.82, 2.24) is 25.1 Å². The van der Waals surface area contributed by atoms with Crippen molar-refractivity contribution in [2.45, 2.75) is 13.0 Å². The Hall–Kier alpha value is -1.14. The topological polar surface area (TPSA) is 58.5 Å². The number of aromatic amines is 1. The summed E-state index contributed by atoms with van der Waals surface area (Å²) in [4.78, 5) is 7.42. The summed E-state index contributed by atoms with van der Waals surface area (Å²) >= 11 is 3.51. The summed E-state index contributed by atoms with van der Waals surface area (Å²) in [5, 5.41) is 7.60. The Morgan fingerprint density at radius 3 is 2.94 bits per heavy atom. The van der Waals surface area contributed by atoms with Gasteiger partial charge in [0.15, 0.2) is 0 Å². The van der Waals surface area contributed by atoms with Crippen molar-refractivity contribution < 1.29 is 0 Å². The van der Waals surface area contributed by atoms with Gasteiger partial charge in [-0.25, -0.2) is 4.98 Å². The first-order chi connectivity index (χ1) is 7.74. The van der Waals surface area contributed by atoms with Crippen molar-refractivity contribution in [2.75, 3.05) is 6.54 Å². The predicted molar refractivity (Wildman–Crippen MR) is 65.0 cm³/mol. The maximum absolute atomic E-state index is 4.29. The van der Waals surface area contributed by atoms with Crippen LogP contribution in [0.15, 0.2) is 23.1 Å². The standard InChI is InChI=1S/C10H14BrN5/c1-3-12-8(10-13-4-5-14-10)9-7(11)6-15-16(9)2/h4-6,8,12H,3H2,1-2H3,(H,13,14). The molecule has 0 radical (unpaired) electrons. The molecule has 0 aliphatic carbocycles. The largest absolute Gasteiger partial charge is 0.347 e. The van der Waals surface area contributed by atoms with E-state index in [1.807, 2.05) is 17.9 Å². The number of halogens is 1. The minimum Gasteiger partial charge on any atom is -0.347 e. The van der Waals surface area contributed by atoms with Gasteiger partial charge in [-0.15, -0.1) is 0 Å². The first-order valence-corrected chi connectivity index (χ1v) is 5.93. The van der Waals surface area contributed by atoms with Crippen molar-refractivity contribution in [1.29, 1.82) is 0 Å². The molecule has 0 spiro atoms. The van der Waals surface area contributed by atoms with Gasteiger partial charge >= 0.3 is 0 Å². The fraction of sp³-hybridized carbons (Fsp3) is 0.400. The first-order valence-electron chi connectivity index (χ1n) is 5.14. The van der Waals surface area contributed by atoms with Crippen LogP contribution in [-0.4, -0.2) is 26.3 Å². The highest BCUT2D eigenvalue weighted by molar-refractivity contribution is 9.10. The zero-order chi connectivity index (χ0) is 11.5. The summed E-state index contributed by atoms with van der Waals surface area (Å²) in [7, 11) is 1.92. The van der Waals surface area contributed by atoms with E-state index in [2.05, 4.69) is 43.2 Å². The van der Waals surface area contributed by atoms with Gasteiger partial charge in [0.05, 0.1) is 16.4 Å². The molecule has 0 aliphatic heterocycles. The van der Waals surface area contributed by atoms with Crippen LogP contribution in [0.25, 0.3) is 0 Å². The smallest absolute Gasteiger partial charge is 0.129 e. The normalized spacial score (nSPS) is 12.9. The highest BCUT2D eigenvalue weighted by Crippen LogP contribution is 2.25. The fourth-order valence-electron chi connectivity index (χ4n) is 1.71. The lowest BCUT2D eigenvalue weighted by atomic mass is 10.2. The Labute approximate surface area is 102 Å². The molecule has 0 aliphatic rings. The molecule has 5 nitrogen and oxygen atoms in total. The number of rotatable bonds is 4. The van der Waals surface area contributed by atoms with Gasteiger partial charge in [-0.3, -0.25) is 4.68 Å². The zero-order valence-electron chi connectivity index (χ0n) is 9.24. The van der Waals surface area contributed by atoms with Crippen LogP contribution >= 0.6 is 15.9 Å². The number of hydrogen-bond acceptors (Lipinski definition) is 3. The monoisotopic (exact) mass is 283 g/mol. The van der Waals surface area contributed by atoms with Gasteiger partial charge in [0.25, 0.3) is 0 Å². The maximum atomic E-state index is 4.29. The van der Waals surface area contributed by atoms with E-state index in [-0.39, 0.29) is 6.04 Å². The van der Waals surface area contributed by atoms with E-state index in [9.17, 15) is 0 Å². The van der Waals surface area contributed by atoms with Crippen LogP contribution in [0.2, 0.25) is 0 Å². The number of nitrogens with one attached hydrogen (secondary N) is 2. The Kier molecular flexibility index (Phi) is 3.40. The van der Waals surface area contributed by atoms with Gasteiger partial charge in [-0.1, -0.05) is 6.92 Å². The molecule has 2 rings (SSSR count). The number of H-pyrrole nitrogens is 1. The molecule has 86 valence electrons. The average molecular weight is 284 g/mol. The van der Waals surface area contributed by atoms with Gasteiger partial charge in [0, 0.05) is 19.4 Å². The molecule has 6 heteroatoms. The second kappa shape index (κ2) is 4.80. The molecule has 0 amide bonds. The molecular weight excluding hydrogens is 270 g/mol. The second-order valence-corrected chi connectivity index (χ2v) is 4.32. The molecule has 0 fully saturated rings. The van der Waals surface area contributed by atoms with E-state index < -0.39 is 0 Å². The summed E-state index contributed by atoms with van der Waals surface area (Å²) < 4.78 is 2.83. The lowest BCUT2D eigenvalue weighted by molar-refractivity contribution is 0.551. The van der Waals surface area contributed by atoms with E-state index in [1.165, 1.54) is 0 Å². The summed E-state index contributed by atoms with van der Waals surface area (Å²) in [5.74, 6) is 0.895. The van der Waals surface area contributed by atoms with Crippen LogP contribution in [-0.2, 0) is 7.05 Å². The van der Waals surface area contributed by atoms with E-state index in [0.29, 0.717) is 0 Å². The van der Waals surface area contributed by atoms with Crippen LogP contribution in [0.4, 0.5) is 0 Å². The SMILES string of the molecule is CCNC(c1ncc[nH]1)c1c(Br)cnn1C. The molecule has 2 N–H and O–H groups in total. The number of imidazole rings is 1. The third-order valence-corrected chi connectivity index (χ3v) is 3.02. The second-order valence-electron chi connectivity index (χ2n) is 3.47. The Balaban J connectivity index is 2.40. The Morgan fingerprint density at radius 2 is 2.44 bits per heavy atom. The van der Waals surface area contributed by atoms with Crippen molar-refractivity contribution in [3.05, 3.63) is 34.6 Å². The average Bonchev–Trinajstić information content (AvgIpc) is 2.87. The summed E-state index contributed by atoms with van der Waals surface area (Å²) in [6.07, 6.45) is 5.37. The number of hydrogen-bond donors (Lipinski definition) is 2. The minimum atomic E-state index is 0.0295. The lowest BCUT2D eigenvalue weighted by Crippen LogP contribution is -2.25. The molecular formula is C10H14BrN5. The molecule has 16 heavy (non-hydrogen) atoms. The number of aryl methyl sites for hydroxylation is 1. The maximum Gasteiger partial charge on any atom is 0.129 e. The Bertz CT molecular complexity index is 428. The highest BCUT2D eigenvalue weighted by atomic mass is 79.9. The van der Waals surface area contributed by atoms with Gasteiger partial charge in [-0.2, -0.15) is 5.10 Å². The fourth-order valence-corrected chi connectivity index (χ4v) is 2.28. The first kappa shape index (κ1) is 11.3. The van der Waals surface area contributed by atoms with Crippen molar-refractivity contribution in [3.8, 4) is 0 Å². The highest BCUT2D eigenvalue weighted by Gasteiger charge is 2.21. The number of aromatic nitrogens is 4. The zero-order valence-corrected chi connectivity index (χ0v) is 10.8. The molecule has 2 aromatic rings. The van der Waals surface area contributed by atoms with Crippen LogP contribution in [0.3, 0.4) is 0 Å². The van der Waals surface area contributed by atoms with E-state index in [1.54, 1.807) is 12.4 Å². The Morgan fingerprint density at radius 1 is 1.62 bits per heavy atom. The van der Waals surface area contributed by atoms with Crippen molar-refractivity contribution in [2.24, 2.45) is 7.05 Å². The molecule has 1 atom stereocenters. The molecule has 0 bridgehead atoms. The van der Waals surface area contributed by atoms with E-state index in [4.69, 9.17) is 0 Å². The van der Waals surface area contributed by atoms with Gasteiger partial charge in [-0.05, 0) is 22.5 Å². The van der Waals surface area contributed by atoms with Crippen molar-refractivity contribution in [3.63, 3.8) is 0 Å². The minimum absolute atomic E-state index is 0.0295. The molecule has 0 saturated carbocycles. The summed E-state index contributed by atoms with van der Waals surface area (Å²) in [6, 6.07) is 0.0295. The van der Waals surface area contributed by atoms with Gasteiger partial charge < -0.3 is 10.3 Å². The molecule has 0 aromatic carbocycles. The molecule has 0 saturated heterocycles. The quantitative estimate of drug-likeness (QED) is 0.896. The predicted octanol–water partition coefficient (Wildman–Crippen LogP) is 1.60.